The SMILES string of the molecule is Cc1ccc(N)cc1C(=O)N1CCN(CCN(C)Cc2ccccc2)CC1.Cl.Cl. The first kappa shape index (κ1) is 25.2. The number of carbonyl (C=O) groups excluding carboxylic acids is 1. The first-order valence-corrected chi connectivity index (χ1v) is 9.63. The fourth-order valence-electron chi connectivity index (χ4n) is 3.50. The minimum Gasteiger partial charge on any atom is -0.399 e. The number of amides is 1. The number of piperazine rings is 1. The van der Waals surface area contributed by atoms with E-state index in [1.165, 1.54) is 5.56 Å². The van der Waals surface area contributed by atoms with Crippen molar-refractivity contribution in [2.24, 2.45) is 0 Å². The molecule has 1 aliphatic rings. The van der Waals surface area contributed by atoms with Crippen LogP contribution in [0.25, 0.3) is 0 Å². The van der Waals surface area contributed by atoms with E-state index in [-0.39, 0.29) is 30.7 Å². The summed E-state index contributed by atoms with van der Waals surface area (Å²) in [6.45, 7) is 8.38. The number of benzene rings is 2. The Bertz CT molecular complexity index is 765. The number of carbonyl (C=O) groups is 1. The van der Waals surface area contributed by atoms with E-state index < -0.39 is 0 Å². The van der Waals surface area contributed by atoms with Gasteiger partial charge in [0.15, 0.2) is 0 Å². The van der Waals surface area contributed by atoms with Gasteiger partial charge >= 0.3 is 0 Å². The van der Waals surface area contributed by atoms with E-state index in [0.717, 1.165) is 56.9 Å². The highest BCUT2D eigenvalue weighted by Gasteiger charge is 2.23. The summed E-state index contributed by atoms with van der Waals surface area (Å²) in [6, 6.07) is 16.1. The van der Waals surface area contributed by atoms with Gasteiger partial charge in [0.2, 0.25) is 0 Å². The molecule has 1 fully saturated rings. The number of nitrogens with two attached hydrogens (primary N) is 1. The monoisotopic (exact) mass is 438 g/mol. The molecule has 7 heteroatoms. The molecule has 1 saturated heterocycles. The van der Waals surface area contributed by atoms with Crippen molar-refractivity contribution in [3.05, 3.63) is 65.2 Å². The molecule has 0 unspecified atom stereocenters. The molecule has 1 aliphatic heterocycles. The van der Waals surface area contributed by atoms with Crippen LogP contribution in [0.3, 0.4) is 0 Å². The Hall–Kier alpha value is -1.79. The lowest BCUT2D eigenvalue weighted by Crippen LogP contribution is -2.50. The van der Waals surface area contributed by atoms with Crippen LogP contribution in [0.4, 0.5) is 5.69 Å². The number of nitrogen functional groups attached to an aromatic ring is 1. The van der Waals surface area contributed by atoms with Gasteiger partial charge in [-0.3, -0.25) is 9.69 Å². The van der Waals surface area contributed by atoms with Crippen LogP contribution in [0.15, 0.2) is 48.5 Å². The average Bonchev–Trinajstić information content (AvgIpc) is 2.69. The molecule has 2 aromatic rings. The largest absolute Gasteiger partial charge is 0.399 e. The van der Waals surface area contributed by atoms with Gasteiger partial charge in [-0.05, 0) is 37.2 Å². The molecule has 0 aliphatic carbocycles. The van der Waals surface area contributed by atoms with Crippen molar-refractivity contribution in [3.63, 3.8) is 0 Å². The van der Waals surface area contributed by atoms with Crippen LogP contribution in [0, 0.1) is 6.92 Å². The van der Waals surface area contributed by atoms with E-state index in [4.69, 9.17) is 5.73 Å². The Kier molecular flexibility index (Phi) is 10.5. The Balaban J connectivity index is 0.00000210. The molecule has 1 amide bonds. The van der Waals surface area contributed by atoms with Crippen molar-refractivity contribution >= 4 is 36.4 Å². The van der Waals surface area contributed by atoms with Crippen LogP contribution >= 0.6 is 24.8 Å². The second kappa shape index (κ2) is 12.0. The highest BCUT2D eigenvalue weighted by Crippen LogP contribution is 2.16. The second-order valence-corrected chi connectivity index (χ2v) is 7.43. The lowest BCUT2D eigenvalue weighted by Gasteiger charge is -2.35. The number of hydrogen-bond acceptors (Lipinski definition) is 4. The van der Waals surface area contributed by atoms with Crippen LogP contribution in [-0.2, 0) is 6.54 Å². The van der Waals surface area contributed by atoms with Crippen LogP contribution in [0.2, 0.25) is 0 Å². The number of aryl methyl sites for hydroxylation is 1. The maximum absolute atomic E-state index is 12.8. The summed E-state index contributed by atoms with van der Waals surface area (Å²) in [5, 5.41) is 0. The second-order valence-electron chi connectivity index (χ2n) is 7.43. The summed E-state index contributed by atoms with van der Waals surface area (Å²) in [5.74, 6) is 0.0978. The van der Waals surface area contributed by atoms with Crippen molar-refractivity contribution in [2.75, 3.05) is 52.0 Å². The van der Waals surface area contributed by atoms with Crippen LogP contribution < -0.4 is 5.73 Å². The molecule has 0 spiro atoms. The number of halogens is 2. The Morgan fingerprint density at radius 3 is 2.34 bits per heavy atom. The van der Waals surface area contributed by atoms with Gasteiger partial charge in [0, 0.05) is 57.1 Å². The van der Waals surface area contributed by atoms with Crippen molar-refractivity contribution < 1.29 is 4.79 Å². The van der Waals surface area contributed by atoms with Crippen molar-refractivity contribution in [3.8, 4) is 0 Å². The lowest BCUT2D eigenvalue weighted by molar-refractivity contribution is 0.0625. The average molecular weight is 439 g/mol. The van der Waals surface area contributed by atoms with Gasteiger partial charge < -0.3 is 15.5 Å². The van der Waals surface area contributed by atoms with Gasteiger partial charge in [-0.2, -0.15) is 0 Å². The lowest BCUT2D eigenvalue weighted by atomic mass is 10.1. The molecule has 0 aromatic heterocycles. The molecule has 0 bridgehead atoms. The smallest absolute Gasteiger partial charge is 0.254 e. The molecular weight excluding hydrogens is 407 g/mol. The predicted octanol–water partition coefficient (Wildman–Crippen LogP) is 3.31. The van der Waals surface area contributed by atoms with Crippen LogP contribution in [0.5, 0.6) is 0 Å². The van der Waals surface area contributed by atoms with Crippen LogP contribution in [-0.4, -0.2) is 66.9 Å². The third kappa shape index (κ3) is 7.19. The zero-order valence-corrected chi connectivity index (χ0v) is 18.8. The zero-order valence-electron chi connectivity index (χ0n) is 17.2. The Labute approximate surface area is 186 Å². The summed E-state index contributed by atoms with van der Waals surface area (Å²) in [6.07, 6.45) is 0. The fraction of sp³-hybridized carbons (Fsp3) is 0.409. The van der Waals surface area contributed by atoms with Gasteiger partial charge in [-0.1, -0.05) is 36.4 Å². The van der Waals surface area contributed by atoms with Gasteiger partial charge in [-0.15, -0.1) is 24.8 Å². The van der Waals surface area contributed by atoms with E-state index >= 15 is 0 Å². The van der Waals surface area contributed by atoms with E-state index in [1.807, 2.05) is 24.0 Å². The third-order valence-electron chi connectivity index (χ3n) is 5.24. The normalized spacial score (nSPS) is 14.2. The summed E-state index contributed by atoms with van der Waals surface area (Å²) in [4.78, 5) is 19.5. The molecule has 2 N–H and O–H groups in total. The highest BCUT2D eigenvalue weighted by atomic mass is 35.5. The van der Waals surface area contributed by atoms with E-state index in [1.54, 1.807) is 6.07 Å². The molecular formula is C22H32Cl2N4O. The molecule has 5 nitrogen and oxygen atoms in total. The molecule has 0 atom stereocenters. The maximum Gasteiger partial charge on any atom is 0.254 e. The van der Waals surface area contributed by atoms with Crippen LogP contribution in [0.1, 0.15) is 21.5 Å². The molecule has 1 heterocycles. The van der Waals surface area contributed by atoms with Crippen molar-refractivity contribution in [1.29, 1.82) is 0 Å². The van der Waals surface area contributed by atoms with Gasteiger partial charge in [0.1, 0.15) is 0 Å². The predicted molar refractivity (Wildman–Crippen MR) is 125 cm³/mol. The minimum atomic E-state index is 0. The van der Waals surface area contributed by atoms with Crippen molar-refractivity contribution in [1.82, 2.24) is 14.7 Å². The van der Waals surface area contributed by atoms with E-state index in [2.05, 4.69) is 47.2 Å². The molecule has 3 rings (SSSR count). The first-order chi connectivity index (χ1) is 13.0. The number of nitrogens with zero attached hydrogens (tertiary/aromatic N) is 3. The molecule has 29 heavy (non-hydrogen) atoms. The molecule has 0 saturated carbocycles. The Morgan fingerprint density at radius 2 is 1.69 bits per heavy atom. The van der Waals surface area contributed by atoms with E-state index in [0.29, 0.717) is 5.69 Å². The fourth-order valence-corrected chi connectivity index (χ4v) is 3.50. The van der Waals surface area contributed by atoms with Gasteiger partial charge in [0.25, 0.3) is 5.91 Å². The maximum atomic E-state index is 12.8. The topological polar surface area (TPSA) is 52.8 Å². The minimum absolute atomic E-state index is 0. The Morgan fingerprint density at radius 1 is 1.03 bits per heavy atom. The quantitative estimate of drug-likeness (QED) is 0.702. The number of anilines is 1. The standard InChI is InChI=1S/C22H30N4O.2ClH/c1-18-8-9-20(23)16-21(18)22(27)26-14-12-25(13-15-26)11-10-24(2)17-19-6-4-3-5-7-19;;/h3-9,16H,10-15,17,23H2,1-2H3;2*1H. The van der Waals surface area contributed by atoms with Gasteiger partial charge in [-0.25, -0.2) is 0 Å². The van der Waals surface area contributed by atoms with Crippen molar-refractivity contribution in [2.45, 2.75) is 13.5 Å². The summed E-state index contributed by atoms with van der Waals surface area (Å²) in [5.41, 5.74) is 9.55. The highest BCUT2D eigenvalue weighted by molar-refractivity contribution is 5.96. The van der Waals surface area contributed by atoms with E-state index in [9.17, 15) is 4.79 Å². The third-order valence-corrected chi connectivity index (χ3v) is 5.24. The summed E-state index contributed by atoms with van der Waals surface area (Å²) in [7, 11) is 2.16. The summed E-state index contributed by atoms with van der Waals surface area (Å²) < 4.78 is 0. The number of likely N-dealkylation sites (N-methyl/N-ethyl adjacent to an activating group) is 1. The molecule has 2 aromatic carbocycles. The zero-order chi connectivity index (χ0) is 19.2. The first-order valence-electron chi connectivity index (χ1n) is 9.63. The van der Waals surface area contributed by atoms with Gasteiger partial charge in [0.05, 0.1) is 0 Å². The summed E-state index contributed by atoms with van der Waals surface area (Å²) >= 11 is 0. The molecule has 160 valence electrons. The molecule has 0 radical (unpaired) electrons. The number of rotatable bonds is 6. The number of hydrogen-bond donors (Lipinski definition) is 1.